The maximum absolute atomic E-state index is 14.1. The number of rotatable bonds is 10. The van der Waals surface area contributed by atoms with E-state index in [0.29, 0.717) is 109 Å². The summed E-state index contributed by atoms with van der Waals surface area (Å²) in [6.45, 7) is 0. The number of ketones is 2. The van der Waals surface area contributed by atoms with E-state index in [4.69, 9.17) is 28.0 Å². The molecule has 3 aliphatic carbocycles. The fourth-order valence-electron chi connectivity index (χ4n) is 8.61. The van der Waals surface area contributed by atoms with Crippen molar-refractivity contribution in [1.82, 2.24) is 44.9 Å². The van der Waals surface area contributed by atoms with E-state index in [1.54, 1.807) is 48.5 Å². The van der Waals surface area contributed by atoms with E-state index in [9.17, 15) is 27.6 Å². The van der Waals surface area contributed by atoms with Gasteiger partial charge in [0.2, 0.25) is 0 Å². The number of nitrogens with two attached hydrogens (primary N) is 4. The summed E-state index contributed by atoms with van der Waals surface area (Å²) in [4.78, 5) is 72.9. The maximum atomic E-state index is 14.1. The third-order valence-corrected chi connectivity index (χ3v) is 13.5. The third kappa shape index (κ3) is 13.3. The first-order valence-corrected chi connectivity index (χ1v) is 24.7. The first-order chi connectivity index (χ1) is 36.6. The predicted molar refractivity (Wildman–Crippen MR) is 290 cm³/mol. The predicted octanol–water partition coefficient (Wildman–Crippen LogP) is 10.8. The van der Waals surface area contributed by atoms with Gasteiger partial charge >= 0.3 is 5.97 Å². The van der Waals surface area contributed by atoms with Gasteiger partial charge in [-0.25, -0.2) is 62.8 Å². The van der Waals surface area contributed by atoms with Crippen molar-refractivity contribution >= 4 is 68.1 Å². The number of pyridine rings is 3. The quantitative estimate of drug-likeness (QED) is 0.0795. The summed E-state index contributed by atoms with van der Waals surface area (Å²) in [5.74, 6) is -1.18. The standard InChI is InChI=1S/2C19H17FN4O.C14H9FN4O2.C4H9N.CH4/c2*20-14-8-12(7-13(9-14)17(25)6-11-2-1-3-11)15-4-5-16-18(24-15)19(21)23-10-22-16;15-9-4-7(3-8(5-9)14(20)21)10-1-2-11-12(19-10)13(16)18-6-17-11;5-4-2-1-3-4;/h2*4-5,7-11H,1-3,6H2,(H2,21,22,23);1-6H,(H,20,21)(H2,16,17,18);4H,1-3,5H2;1H4. The number of carbonyl (C=O) groups is 3. The summed E-state index contributed by atoms with van der Waals surface area (Å²) < 4.78 is 41.7. The van der Waals surface area contributed by atoms with Crippen molar-refractivity contribution in [3.05, 3.63) is 144 Å². The lowest BCUT2D eigenvalue weighted by Crippen LogP contribution is -2.27. The largest absolute Gasteiger partial charge is 0.478 e. The van der Waals surface area contributed by atoms with Gasteiger partial charge in [0.1, 0.15) is 53.0 Å². The number of hydrogen-bond acceptors (Lipinski definition) is 16. The molecule has 9 aromatic rings. The second-order valence-corrected chi connectivity index (χ2v) is 19.0. The number of halogens is 3. The molecular formula is C57H56F3N13O4. The molecule has 77 heavy (non-hydrogen) atoms. The Morgan fingerprint density at radius 2 is 0.779 bits per heavy atom. The molecule has 3 aliphatic rings. The average Bonchev–Trinajstić information content (AvgIpc) is 3.40. The number of aromatic carboxylic acids is 1. The Hall–Kier alpha value is -8.91. The molecule has 3 saturated carbocycles. The third-order valence-electron chi connectivity index (χ3n) is 13.5. The highest BCUT2D eigenvalue weighted by Crippen LogP contribution is 2.34. The van der Waals surface area contributed by atoms with Gasteiger partial charge in [-0.1, -0.05) is 52.4 Å². The smallest absolute Gasteiger partial charge is 0.335 e. The molecule has 394 valence electrons. The zero-order valence-corrected chi connectivity index (χ0v) is 41.0. The van der Waals surface area contributed by atoms with Crippen molar-refractivity contribution in [2.24, 2.45) is 17.6 Å². The van der Waals surface area contributed by atoms with E-state index >= 15 is 0 Å². The van der Waals surface area contributed by atoms with Gasteiger partial charge in [-0.05, 0) is 116 Å². The van der Waals surface area contributed by atoms with E-state index in [1.165, 1.54) is 87.5 Å². The highest BCUT2D eigenvalue weighted by Gasteiger charge is 2.24. The normalized spacial score (nSPS) is 14.0. The Morgan fingerprint density at radius 1 is 0.468 bits per heavy atom. The minimum Gasteiger partial charge on any atom is -0.478 e. The molecule has 0 unspecified atom stereocenters. The minimum atomic E-state index is -1.21. The molecule has 17 nitrogen and oxygen atoms in total. The van der Waals surface area contributed by atoms with Gasteiger partial charge in [0.25, 0.3) is 0 Å². The minimum absolute atomic E-state index is 0. The monoisotopic (exact) mass is 1040 g/mol. The fraction of sp³-hybridized carbons (Fsp3) is 0.263. The molecule has 0 amide bonds. The summed E-state index contributed by atoms with van der Waals surface area (Å²) in [5.41, 5.74) is 29.4. The van der Waals surface area contributed by atoms with Gasteiger partial charge in [-0.2, -0.15) is 0 Å². The topological polar surface area (TPSA) is 292 Å². The number of carbonyl (C=O) groups excluding carboxylic acids is 2. The van der Waals surface area contributed by atoms with Crippen LogP contribution < -0.4 is 22.9 Å². The summed E-state index contributed by atoms with van der Waals surface area (Å²) in [5, 5.41) is 8.97. The molecule has 0 spiro atoms. The number of anilines is 3. The lowest BCUT2D eigenvalue weighted by molar-refractivity contribution is 0.0695. The Kier molecular flexibility index (Phi) is 17.1. The number of nitrogen functional groups attached to an aromatic ring is 3. The van der Waals surface area contributed by atoms with Crippen LogP contribution in [-0.4, -0.2) is 73.5 Å². The molecule has 0 bridgehead atoms. The van der Waals surface area contributed by atoms with Crippen LogP contribution in [0, 0.1) is 29.3 Å². The van der Waals surface area contributed by atoms with Crippen molar-refractivity contribution in [3.8, 4) is 33.8 Å². The number of fused-ring (bicyclic) bond motifs is 3. The van der Waals surface area contributed by atoms with Crippen molar-refractivity contribution < 1.29 is 32.7 Å². The maximum Gasteiger partial charge on any atom is 0.335 e. The Morgan fingerprint density at radius 3 is 1.06 bits per heavy atom. The average molecular weight is 1040 g/mol. The molecule has 3 fully saturated rings. The van der Waals surface area contributed by atoms with Crippen LogP contribution in [0.3, 0.4) is 0 Å². The van der Waals surface area contributed by atoms with E-state index < -0.39 is 23.4 Å². The Balaban J connectivity index is 0.000000145. The van der Waals surface area contributed by atoms with Gasteiger partial charge in [-0.15, -0.1) is 0 Å². The second kappa shape index (κ2) is 24.2. The molecule has 6 aromatic heterocycles. The molecule has 6 heterocycles. The van der Waals surface area contributed by atoms with Crippen molar-refractivity contribution in [1.29, 1.82) is 0 Å². The highest BCUT2D eigenvalue weighted by atomic mass is 19.1. The lowest BCUT2D eigenvalue weighted by Gasteiger charge is -2.24. The summed E-state index contributed by atoms with van der Waals surface area (Å²) in [6, 6.07) is 23.1. The molecule has 0 aliphatic heterocycles. The second-order valence-electron chi connectivity index (χ2n) is 19.0. The van der Waals surface area contributed by atoms with Crippen LogP contribution in [0.4, 0.5) is 30.6 Å². The van der Waals surface area contributed by atoms with Gasteiger partial charge < -0.3 is 28.0 Å². The SMILES string of the molecule is C.NC1CCC1.Nc1ncnc2ccc(-c3cc(F)cc(C(=O)CC4CCC4)c3)nc12.Nc1ncnc2ccc(-c3cc(F)cc(C(=O)CC4CCC4)c3)nc12.Nc1ncnc2ccc(-c3cc(F)cc(C(=O)O)c3)nc12. The van der Waals surface area contributed by atoms with Crippen LogP contribution in [0.15, 0.2) is 110 Å². The van der Waals surface area contributed by atoms with Crippen LogP contribution in [0.5, 0.6) is 0 Å². The molecule has 0 radical (unpaired) electrons. The number of aromatic nitrogens is 9. The molecule has 0 saturated heterocycles. The van der Waals surface area contributed by atoms with Gasteiger partial charge in [0, 0.05) is 46.7 Å². The molecule has 20 heteroatoms. The van der Waals surface area contributed by atoms with Crippen LogP contribution in [-0.2, 0) is 0 Å². The van der Waals surface area contributed by atoms with Crippen molar-refractivity contribution in [2.75, 3.05) is 17.2 Å². The zero-order valence-electron chi connectivity index (χ0n) is 41.0. The van der Waals surface area contributed by atoms with Crippen molar-refractivity contribution in [3.63, 3.8) is 0 Å². The van der Waals surface area contributed by atoms with Crippen LogP contribution in [0.1, 0.15) is 109 Å². The highest BCUT2D eigenvalue weighted by molar-refractivity contribution is 5.98. The number of Topliss-reactive ketones (excluding diaryl/α,β-unsaturated/α-hetero) is 2. The van der Waals surface area contributed by atoms with E-state index in [1.807, 2.05) is 0 Å². The van der Waals surface area contributed by atoms with E-state index in [2.05, 4.69) is 44.9 Å². The number of benzene rings is 3. The van der Waals surface area contributed by atoms with E-state index in [-0.39, 0.29) is 42.0 Å². The van der Waals surface area contributed by atoms with Gasteiger partial charge in [-0.3, -0.25) is 9.59 Å². The zero-order chi connectivity index (χ0) is 53.5. The summed E-state index contributed by atoms with van der Waals surface area (Å²) >= 11 is 0. The molecule has 9 N–H and O–H groups in total. The molecule has 0 atom stereocenters. The Labute approximate surface area is 440 Å². The number of carboxylic acids is 1. The fourth-order valence-corrected chi connectivity index (χ4v) is 8.61. The number of hydrogen-bond donors (Lipinski definition) is 5. The van der Waals surface area contributed by atoms with E-state index in [0.717, 1.165) is 31.7 Å². The van der Waals surface area contributed by atoms with Crippen LogP contribution in [0.25, 0.3) is 66.9 Å². The Bertz CT molecular complexity index is 3490. The number of nitrogens with zero attached hydrogens (tertiary/aromatic N) is 9. The number of carboxylic acid groups (broad SMARTS) is 1. The lowest BCUT2D eigenvalue weighted by atomic mass is 9.81. The molecule has 3 aromatic carbocycles. The van der Waals surface area contributed by atoms with Gasteiger partial charge in [0.05, 0.1) is 39.2 Å². The summed E-state index contributed by atoms with van der Waals surface area (Å²) in [7, 11) is 0. The van der Waals surface area contributed by atoms with Crippen molar-refractivity contribution in [2.45, 2.75) is 84.1 Å². The first kappa shape index (κ1) is 54.4. The first-order valence-electron chi connectivity index (χ1n) is 24.7. The molecular weight excluding hydrogens is 988 g/mol. The van der Waals surface area contributed by atoms with Crippen LogP contribution in [0.2, 0.25) is 0 Å². The van der Waals surface area contributed by atoms with Crippen LogP contribution >= 0.6 is 0 Å². The van der Waals surface area contributed by atoms with Gasteiger partial charge in [0.15, 0.2) is 29.0 Å². The molecule has 12 rings (SSSR count). The summed E-state index contributed by atoms with van der Waals surface area (Å²) in [6.07, 6.45) is 15.6.